The molecule has 1 aromatic rings. The number of hydrogen-bond acceptors (Lipinski definition) is 9. The predicted octanol–water partition coefficient (Wildman–Crippen LogP) is 2.92. The molecule has 244 valence electrons. The van der Waals surface area contributed by atoms with Crippen LogP contribution in [-0.4, -0.2) is 114 Å². The number of anilines is 1. The first-order chi connectivity index (χ1) is 20.6. The quantitative estimate of drug-likeness (QED) is 0.258. The number of hydroxylamine groups is 2. The molecule has 3 aliphatic rings. The molecule has 0 aliphatic carbocycles. The van der Waals surface area contributed by atoms with Crippen LogP contribution >= 0.6 is 0 Å². The number of carbonyl (C=O) groups is 1. The second kappa shape index (κ2) is 15.2. The number of rotatable bonds is 13. The van der Waals surface area contributed by atoms with E-state index in [0.29, 0.717) is 45.0 Å². The predicted molar refractivity (Wildman–Crippen MR) is 153 cm³/mol. The minimum absolute atomic E-state index is 0.0347. The number of alkyl halides is 3. The number of nitrogens with zero attached hydrogens (tertiary/aromatic N) is 3. The van der Waals surface area contributed by atoms with Crippen molar-refractivity contribution in [1.82, 2.24) is 14.7 Å². The molecule has 0 spiro atoms. The largest absolute Gasteiger partial charge is 0.494 e. The highest BCUT2D eigenvalue weighted by Gasteiger charge is 2.56. The summed E-state index contributed by atoms with van der Waals surface area (Å²) in [7, 11) is -2.57. The Hall–Kier alpha value is -2.17. The van der Waals surface area contributed by atoms with Crippen molar-refractivity contribution in [2.24, 2.45) is 0 Å². The number of amides is 1. The van der Waals surface area contributed by atoms with Crippen LogP contribution in [0, 0.1) is 0 Å². The van der Waals surface area contributed by atoms with Crippen molar-refractivity contribution in [3.63, 3.8) is 0 Å². The van der Waals surface area contributed by atoms with Crippen LogP contribution in [0.4, 0.5) is 18.9 Å². The van der Waals surface area contributed by atoms with Crippen molar-refractivity contribution in [2.45, 2.75) is 62.2 Å². The van der Waals surface area contributed by atoms with Crippen LogP contribution in [0.1, 0.15) is 44.9 Å². The van der Waals surface area contributed by atoms with Gasteiger partial charge in [-0.05, 0) is 69.5 Å². The lowest BCUT2D eigenvalue weighted by molar-refractivity contribution is -0.283. The number of ether oxygens (including phenoxy) is 3. The van der Waals surface area contributed by atoms with Crippen LogP contribution in [0.25, 0.3) is 0 Å². The zero-order valence-corrected chi connectivity index (χ0v) is 25.5. The van der Waals surface area contributed by atoms with Crippen LogP contribution in [-0.2, 0) is 29.1 Å². The molecule has 1 unspecified atom stereocenters. The van der Waals surface area contributed by atoms with E-state index in [-0.39, 0.29) is 52.1 Å². The van der Waals surface area contributed by atoms with Gasteiger partial charge in [-0.2, -0.15) is 17.5 Å². The molecule has 1 aromatic carbocycles. The van der Waals surface area contributed by atoms with Gasteiger partial charge in [-0.25, -0.2) is 18.3 Å². The number of halogens is 3. The van der Waals surface area contributed by atoms with E-state index in [1.807, 2.05) is 4.90 Å². The average Bonchev–Trinajstić information content (AvgIpc) is 3.01. The first-order valence-corrected chi connectivity index (χ1v) is 16.3. The third kappa shape index (κ3) is 8.72. The Kier molecular flexibility index (Phi) is 11.9. The zero-order chi connectivity index (χ0) is 30.9. The normalized spacial score (nSPS) is 21.9. The Balaban J connectivity index is 1.41. The highest BCUT2D eigenvalue weighted by molar-refractivity contribution is 7.91. The molecule has 0 saturated carbocycles. The fourth-order valence-electron chi connectivity index (χ4n) is 5.60. The lowest BCUT2D eigenvalue weighted by Crippen LogP contribution is -2.64. The van der Waals surface area contributed by atoms with Crippen molar-refractivity contribution in [3.8, 4) is 5.75 Å². The molecule has 11 nitrogen and oxygen atoms in total. The van der Waals surface area contributed by atoms with Gasteiger partial charge in [0.2, 0.25) is 10.0 Å². The summed E-state index contributed by atoms with van der Waals surface area (Å²) >= 11 is 0. The van der Waals surface area contributed by atoms with Crippen molar-refractivity contribution in [1.29, 1.82) is 0 Å². The van der Waals surface area contributed by atoms with Gasteiger partial charge in [0.25, 0.3) is 5.91 Å². The summed E-state index contributed by atoms with van der Waals surface area (Å²) in [6, 6.07) is 7.00. The Bertz CT molecular complexity index is 1120. The third-order valence-electron chi connectivity index (χ3n) is 8.06. The van der Waals surface area contributed by atoms with Crippen LogP contribution in [0.15, 0.2) is 24.3 Å². The summed E-state index contributed by atoms with van der Waals surface area (Å²) in [5, 5.41) is 4.32. The summed E-state index contributed by atoms with van der Waals surface area (Å²) in [6.07, 6.45) is -3.17. The van der Waals surface area contributed by atoms with Crippen molar-refractivity contribution >= 4 is 21.6 Å². The summed E-state index contributed by atoms with van der Waals surface area (Å²) in [5.74, 6) is -0.120. The molecule has 1 atom stereocenters. The minimum atomic E-state index is -4.20. The van der Waals surface area contributed by atoms with Crippen molar-refractivity contribution < 1.29 is 45.4 Å². The molecule has 43 heavy (non-hydrogen) atoms. The number of sulfonamides is 1. The molecule has 1 N–H and O–H groups in total. The molecule has 0 radical (unpaired) electrons. The fourth-order valence-corrected chi connectivity index (χ4v) is 7.78. The van der Waals surface area contributed by atoms with Crippen LogP contribution in [0.5, 0.6) is 5.75 Å². The molecular formula is C28H43F3N4O7S. The van der Waals surface area contributed by atoms with Gasteiger partial charge in [0, 0.05) is 58.4 Å². The first-order valence-electron chi connectivity index (χ1n) is 14.9. The Labute approximate surface area is 251 Å². The molecule has 3 aliphatic heterocycles. The Morgan fingerprint density at radius 2 is 1.79 bits per heavy atom. The van der Waals surface area contributed by atoms with Crippen molar-refractivity contribution in [3.05, 3.63) is 24.3 Å². The van der Waals surface area contributed by atoms with Gasteiger partial charge in [-0.3, -0.25) is 4.79 Å². The van der Waals surface area contributed by atoms with Crippen molar-refractivity contribution in [2.75, 3.05) is 77.6 Å². The first kappa shape index (κ1) is 33.7. The van der Waals surface area contributed by atoms with E-state index in [0.717, 1.165) is 23.6 Å². The standard InChI is InChI=1S/C28H43F3N4O7S/c1-39-22-19-35(42-25-5-2-3-20-41-25)26(36)27(11-13-32-14-12-27)43(37,38)34-17-15-33(16-18-34)23-6-8-24(9-7-23)40-21-4-10-28(29,30)31/h6-9,25,32H,2-5,10-22H2,1H3. The maximum absolute atomic E-state index is 14.3. The Morgan fingerprint density at radius 3 is 2.40 bits per heavy atom. The molecule has 15 heteroatoms. The van der Waals surface area contributed by atoms with Gasteiger partial charge in [0.05, 0.1) is 19.8 Å². The monoisotopic (exact) mass is 636 g/mol. The molecular weight excluding hydrogens is 593 g/mol. The maximum atomic E-state index is 14.3. The number of nitrogens with one attached hydrogen (secondary N) is 1. The highest BCUT2D eigenvalue weighted by Crippen LogP contribution is 2.35. The van der Waals surface area contributed by atoms with E-state index < -0.39 is 39.6 Å². The van der Waals surface area contributed by atoms with E-state index in [9.17, 15) is 26.4 Å². The average molecular weight is 637 g/mol. The number of carbonyl (C=O) groups excluding carboxylic acids is 1. The van der Waals surface area contributed by atoms with Crippen LogP contribution in [0.3, 0.4) is 0 Å². The second-order valence-electron chi connectivity index (χ2n) is 11.0. The second-order valence-corrected chi connectivity index (χ2v) is 13.2. The van der Waals surface area contributed by atoms with E-state index in [1.54, 1.807) is 24.3 Å². The Morgan fingerprint density at radius 1 is 1.09 bits per heavy atom. The molecule has 0 aromatic heterocycles. The third-order valence-corrected chi connectivity index (χ3v) is 10.7. The molecule has 3 saturated heterocycles. The molecule has 4 rings (SSSR count). The van der Waals surface area contributed by atoms with E-state index in [2.05, 4.69) is 5.32 Å². The van der Waals surface area contributed by atoms with Gasteiger partial charge in [0.1, 0.15) is 5.75 Å². The van der Waals surface area contributed by atoms with Gasteiger partial charge >= 0.3 is 6.18 Å². The number of piperazine rings is 1. The highest BCUT2D eigenvalue weighted by atomic mass is 32.2. The molecule has 3 fully saturated rings. The summed E-state index contributed by atoms with van der Waals surface area (Å²) in [6.45, 7) is 2.73. The summed E-state index contributed by atoms with van der Waals surface area (Å²) in [5.41, 5.74) is 0.846. The smallest absolute Gasteiger partial charge is 0.389 e. The van der Waals surface area contributed by atoms with Gasteiger partial charge in [-0.15, -0.1) is 0 Å². The van der Waals surface area contributed by atoms with Gasteiger partial charge in [0.15, 0.2) is 11.0 Å². The number of benzene rings is 1. The van der Waals surface area contributed by atoms with Crippen LogP contribution in [0.2, 0.25) is 0 Å². The lowest BCUT2D eigenvalue weighted by atomic mass is 9.95. The summed E-state index contributed by atoms with van der Waals surface area (Å²) in [4.78, 5) is 22.1. The fraction of sp³-hybridized carbons (Fsp3) is 0.750. The van der Waals surface area contributed by atoms with E-state index in [1.165, 1.54) is 11.4 Å². The molecule has 1 amide bonds. The van der Waals surface area contributed by atoms with Gasteiger partial charge in [-0.1, -0.05) is 0 Å². The van der Waals surface area contributed by atoms with Gasteiger partial charge < -0.3 is 24.4 Å². The van der Waals surface area contributed by atoms with E-state index >= 15 is 0 Å². The minimum Gasteiger partial charge on any atom is -0.494 e. The topological polar surface area (TPSA) is 110 Å². The van der Waals surface area contributed by atoms with Crippen LogP contribution < -0.4 is 15.0 Å². The SMILES string of the molecule is COCCN(OC1CCCCO1)C(=O)C1(S(=O)(=O)N2CCN(c3ccc(OCCCC(F)(F)F)cc3)CC2)CCNCC1. The number of methoxy groups -OCH3 is 1. The lowest BCUT2D eigenvalue weighted by Gasteiger charge is -2.44. The number of piperidine rings is 1. The maximum Gasteiger partial charge on any atom is 0.389 e. The number of hydrogen-bond donors (Lipinski definition) is 1. The molecule has 3 heterocycles. The summed E-state index contributed by atoms with van der Waals surface area (Å²) < 4.78 is 81.6. The molecule has 0 bridgehead atoms. The zero-order valence-electron chi connectivity index (χ0n) is 24.6. The van der Waals surface area contributed by atoms with E-state index in [4.69, 9.17) is 19.0 Å².